The lowest BCUT2D eigenvalue weighted by molar-refractivity contribution is 0.0762. The van der Waals surface area contributed by atoms with Crippen LogP contribution >= 0.6 is 15.9 Å². The van der Waals surface area contributed by atoms with E-state index in [-0.39, 0.29) is 5.91 Å². The summed E-state index contributed by atoms with van der Waals surface area (Å²) in [4.78, 5) is 17.8. The van der Waals surface area contributed by atoms with Crippen LogP contribution in [0.3, 0.4) is 0 Å². The first kappa shape index (κ1) is 10.7. The van der Waals surface area contributed by atoms with Crippen molar-refractivity contribution in [3.05, 3.63) is 16.6 Å². The zero-order valence-electron chi connectivity index (χ0n) is 8.74. The van der Waals surface area contributed by atoms with Crippen LogP contribution in [0, 0.1) is 0 Å². The van der Waals surface area contributed by atoms with Gasteiger partial charge in [-0.25, -0.2) is 4.98 Å². The van der Waals surface area contributed by atoms with Crippen LogP contribution in [0.15, 0.2) is 10.8 Å². The predicted octanol–water partition coefficient (Wildman–Crippen LogP) is 2.25. The molecule has 0 fully saturated rings. The van der Waals surface area contributed by atoms with Crippen LogP contribution < -0.4 is 0 Å². The van der Waals surface area contributed by atoms with Crippen molar-refractivity contribution in [1.82, 2.24) is 14.5 Å². The number of carbonyl (C=O) groups excluding carboxylic acids is 1. The number of nitrogens with zero attached hydrogens (tertiary/aromatic N) is 3. The monoisotopic (exact) mass is 271 g/mol. The largest absolute Gasteiger partial charge is 0.318 e. The van der Waals surface area contributed by atoms with E-state index in [1.54, 1.807) is 6.20 Å². The maximum absolute atomic E-state index is 11.8. The summed E-state index contributed by atoms with van der Waals surface area (Å²) in [7, 11) is 0. The molecule has 0 bridgehead atoms. The molecule has 2 rings (SSSR count). The number of amides is 1. The molecule has 2 heterocycles. The maximum atomic E-state index is 11.8. The highest BCUT2D eigenvalue weighted by Crippen LogP contribution is 2.21. The Kier molecular flexibility index (Phi) is 3.09. The third kappa shape index (κ3) is 1.93. The molecule has 82 valence electrons. The number of fused-ring (bicyclic) bond motifs is 1. The van der Waals surface area contributed by atoms with Gasteiger partial charge in [-0.15, -0.1) is 0 Å². The lowest BCUT2D eigenvalue weighted by atomic mass is 10.2. The molecule has 1 aliphatic heterocycles. The Morgan fingerprint density at radius 1 is 1.53 bits per heavy atom. The first-order valence-electron chi connectivity index (χ1n) is 5.24. The molecular weight excluding hydrogens is 258 g/mol. The summed E-state index contributed by atoms with van der Waals surface area (Å²) < 4.78 is 2.78. The van der Waals surface area contributed by atoms with Crippen LogP contribution in [0.25, 0.3) is 0 Å². The number of halogens is 1. The number of carbonyl (C=O) groups is 1. The number of unbranched alkanes of at least 4 members (excludes halogenated alkanes) is 2. The Hall–Kier alpha value is -0.840. The lowest BCUT2D eigenvalue weighted by Gasteiger charge is -2.14. The van der Waals surface area contributed by atoms with E-state index in [0.29, 0.717) is 12.5 Å². The minimum Gasteiger partial charge on any atom is -0.318 e. The van der Waals surface area contributed by atoms with Gasteiger partial charge < -0.3 is 4.90 Å². The Labute approximate surface area is 97.4 Å². The molecule has 0 unspecified atom stereocenters. The highest BCUT2D eigenvalue weighted by atomic mass is 79.9. The second-order valence-electron chi connectivity index (χ2n) is 3.75. The minimum absolute atomic E-state index is 0.0526. The fraction of sp³-hybridized carbons (Fsp3) is 0.600. The quantitative estimate of drug-likeness (QED) is 0.788. The highest BCUT2D eigenvalue weighted by molar-refractivity contribution is 9.10. The van der Waals surface area contributed by atoms with Crippen LogP contribution in [-0.4, -0.2) is 26.9 Å². The number of imidazole rings is 1. The molecule has 4 nitrogen and oxygen atoms in total. The van der Waals surface area contributed by atoms with Crippen molar-refractivity contribution >= 4 is 21.8 Å². The van der Waals surface area contributed by atoms with Gasteiger partial charge in [0.2, 0.25) is 5.82 Å². The van der Waals surface area contributed by atoms with E-state index >= 15 is 0 Å². The van der Waals surface area contributed by atoms with Crippen molar-refractivity contribution in [2.75, 3.05) is 6.54 Å². The van der Waals surface area contributed by atoms with Gasteiger partial charge >= 0.3 is 0 Å². The van der Waals surface area contributed by atoms with E-state index in [0.717, 1.165) is 17.6 Å². The van der Waals surface area contributed by atoms with E-state index in [1.165, 1.54) is 12.8 Å². The number of hydrogen-bond acceptors (Lipinski definition) is 2. The zero-order chi connectivity index (χ0) is 10.8. The molecule has 0 saturated heterocycles. The number of aromatic nitrogens is 2. The second-order valence-corrected chi connectivity index (χ2v) is 4.56. The van der Waals surface area contributed by atoms with E-state index in [1.807, 2.05) is 9.47 Å². The fourth-order valence-corrected chi connectivity index (χ4v) is 2.14. The molecule has 5 heteroatoms. The van der Waals surface area contributed by atoms with Crippen LogP contribution in [0.5, 0.6) is 0 Å². The zero-order valence-corrected chi connectivity index (χ0v) is 10.3. The van der Waals surface area contributed by atoms with Crippen LogP contribution in [0.2, 0.25) is 0 Å². The minimum atomic E-state index is 0.0526. The third-order valence-electron chi connectivity index (χ3n) is 2.63. The van der Waals surface area contributed by atoms with E-state index in [2.05, 4.69) is 27.8 Å². The van der Waals surface area contributed by atoms with Crippen molar-refractivity contribution < 1.29 is 4.79 Å². The van der Waals surface area contributed by atoms with Crippen LogP contribution in [0.4, 0.5) is 0 Å². The number of rotatable bonds is 4. The molecule has 1 amide bonds. The van der Waals surface area contributed by atoms with Gasteiger partial charge in [0, 0.05) is 6.54 Å². The summed E-state index contributed by atoms with van der Waals surface area (Å²) in [6.45, 7) is 3.63. The van der Waals surface area contributed by atoms with Gasteiger partial charge in [-0.3, -0.25) is 9.36 Å². The van der Waals surface area contributed by atoms with Gasteiger partial charge in [0.05, 0.1) is 6.20 Å². The molecule has 1 aromatic heterocycles. The van der Waals surface area contributed by atoms with E-state index in [9.17, 15) is 4.79 Å². The van der Waals surface area contributed by atoms with Crippen LogP contribution in [-0.2, 0) is 6.67 Å². The van der Waals surface area contributed by atoms with Crippen LogP contribution in [0.1, 0.15) is 36.8 Å². The summed E-state index contributed by atoms with van der Waals surface area (Å²) in [5.74, 6) is 0.607. The topological polar surface area (TPSA) is 38.1 Å². The normalized spacial score (nSPS) is 14.8. The Balaban J connectivity index is 2.01. The predicted molar refractivity (Wildman–Crippen MR) is 60.5 cm³/mol. The van der Waals surface area contributed by atoms with Gasteiger partial charge in [0.15, 0.2) is 0 Å². The van der Waals surface area contributed by atoms with Gasteiger partial charge in [-0.1, -0.05) is 19.8 Å². The molecule has 1 aromatic rings. The maximum Gasteiger partial charge on any atom is 0.291 e. The summed E-state index contributed by atoms with van der Waals surface area (Å²) in [6.07, 6.45) is 5.10. The molecule has 0 saturated carbocycles. The van der Waals surface area contributed by atoms with Gasteiger partial charge in [0.1, 0.15) is 11.3 Å². The summed E-state index contributed by atoms with van der Waals surface area (Å²) in [5, 5.41) is 0. The molecule has 0 radical (unpaired) electrons. The molecule has 15 heavy (non-hydrogen) atoms. The number of hydrogen-bond donors (Lipinski definition) is 0. The molecule has 0 aliphatic carbocycles. The summed E-state index contributed by atoms with van der Waals surface area (Å²) in [6, 6.07) is 0. The van der Waals surface area contributed by atoms with E-state index in [4.69, 9.17) is 0 Å². The van der Waals surface area contributed by atoms with E-state index < -0.39 is 0 Å². The van der Waals surface area contributed by atoms with Gasteiger partial charge in [-0.2, -0.15) is 0 Å². The lowest BCUT2D eigenvalue weighted by Crippen LogP contribution is -2.25. The molecule has 1 aliphatic rings. The average Bonchev–Trinajstić information content (AvgIpc) is 2.72. The standard InChI is InChI=1S/C10H14BrN3O/c1-2-3-4-5-13-7-14-8(11)6-12-9(14)10(13)15/h6H,2-5,7H2,1H3. The summed E-state index contributed by atoms with van der Waals surface area (Å²) in [5.41, 5.74) is 0. The Morgan fingerprint density at radius 2 is 2.33 bits per heavy atom. The molecule has 0 aromatic carbocycles. The molecular formula is C10H14BrN3O. The SMILES string of the molecule is CCCCCN1Cn2c(Br)cnc2C1=O. The van der Waals surface area contributed by atoms with Gasteiger partial charge in [0.25, 0.3) is 5.91 Å². The third-order valence-corrected chi connectivity index (χ3v) is 3.26. The Morgan fingerprint density at radius 3 is 3.00 bits per heavy atom. The van der Waals surface area contributed by atoms with Gasteiger partial charge in [-0.05, 0) is 22.4 Å². The van der Waals surface area contributed by atoms with Crippen molar-refractivity contribution in [2.45, 2.75) is 32.9 Å². The average molecular weight is 272 g/mol. The molecule has 0 spiro atoms. The first-order valence-corrected chi connectivity index (χ1v) is 6.03. The highest BCUT2D eigenvalue weighted by Gasteiger charge is 2.29. The molecule has 0 N–H and O–H groups in total. The first-order chi connectivity index (χ1) is 7.24. The second kappa shape index (κ2) is 4.35. The Bertz CT molecular complexity index is 375. The summed E-state index contributed by atoms with van der Waals surface area (Å²) >= 11 is 3.38. The van der Waals surface area contributed by atoms with Crippen molar-refractivity contribution in [3.63, 3.8) is 0 Å². The van der Waals surface area contributed by atoms with Crippen molar-refractivity contribution in [2.24, 2.45) is 0 Å². The molecule has 0 atom stereocenters. The fourth-order valence-electron chi connectivity index (χ4n) is 1.76. The van der Waals surface area contributed by atoms with Crippen molar-refractivity contribution in [1.29, 1.82) is 0 Å². The van der Waals surface area contributed by atoms with Crippen molar-refractivity contribution in [3.8, 4) is 0 Å². The smallest absolute Gasteiger partial charge is 0.291 e.